The van der Waals surface area contributed by atoms with Gasteiger partial charge in [-0.2, -0.15) is 4.68 Å². The Labute approximate surface area is 171 Å². The molecule has 1 fully saturated rings. The summed E-state index contributed by atoms with van der Waals surface area (Å²) in [6.45, 7) is 6.63. The van der Waals surface area contributed by atoms with E-state index in [1.165, 1.54) is 15.6 Å². The summed E-state index contributed by atoms with van der Waals surface area (Å²) < 4.78 is 8.37. The van der Waals surface area contributed by atoms with E-state index in [1.807, 2.05) is 32.9 Å². The lowest BCUT2D eigenvalue weighted by Crippen LogP contribution is -2.49. The fourth-order valence-electron chi connectivity index (χ4n) is 3.47. The Hall–Kier alpha value is -2.78. The van der Waals surface area contributed by atoms with Gasteiger partial charge in [-0.05, 0) is 38.5 Å². The molecule has 9 nitrogen and oxygen atoms in total. The summed E-state index contributed by atoms with van der Waals surface area (Å²) >= 11 is 6.19. The Balaban J connectivity index is 1.63. The molecule has 1 amide bonds. The molecule has 3 heterocycles. The topological polar surface area (TPSA) is 95.1 Å². The Bertz CT molecular complexity index is 1130. The lowest BCUT2D eigenvalue weighted by atomic mass is 10.2. The highest BCUT2D eigenvalue weighted by molar-refractivity contribution is 6.31. The van der Waals surface area contributed by atoms with Crippen molar-refractivity contribution in [2.75, 3.05) is 13.1 Å². The highest BCUT2D eigenvalue weighted by Crippen LogP contribution is 2.20. The number of carbonyl (C=O) groups is 1. The minimum atomic E-state index is -0.415. The highest BCUT2D eigenvalue weighted by Gasteiger charge is 2.26. The zero-order valence-electron chi connectivity index (χ0n) is 16.4. The summed E-state index contributed by atoms with van der Waals surface area (Å²) in [7, 11) is 0. The maximum atomic E-state index is 12.8. The van der Waals surface area contributed by atoms with E-state index in [4.69, 9.17) is 16.3 Å². The lowest BCUT2D eigenvalue weighted by molar-refractivity contribution is -0.143. The van der Waals surface area contributed by atoms with Crippen LogP contribution in [0.3, 0.4) is 0 Å². The summed E-state index contributed by atoms with van der Waals surface area (Å²) in [4.78, 5) is 31.5. The first kappa shape index (κ1) is 19.5. The number of aryl methyl sites for hydroxylation is 1. The van der Waals surface area contributed by atoms with Gasteiger partial charge in [-0.1, -0.05) is 22.9 Å². The van der Waals surface area contributed by atoms with Crippen molar-refractivity contribution < 1.29 is 9.53 Å². The van der Waals surface area contributed by atoms with Crippen molar-refractivity contribution in [2.24, 2.45) is 0 Å². The van der Waals surface area contributed by atoms with Crippen molar-refractivity contribution >= 4 is 28.7 Å². The molecule has 1 aliphatic heterocycles. The quantitative estimate of drug-likeness (QED) is 0.643. The van der Waals surface area contributed by atoms with E-state index in [2.05, 4.69) is 15.3 Å². The molecule has 0 aliphatic carbocycles. The van der Waals surface area contributed by atoms with Crippen molar-refractivity contribution in [3.05, 3.63) is 45.5 Å². The van der Waals surface area contributed by atoms with Crippen LogP contribution in [0.4, 0.5) is 0 Å². The van der Waals surface area contributed by atoms with Crippen molar-refractivity contribution in [2.45, 2.75) is 39.5 Å². The van der Waals surface area contributed by atoms with Crippen molar-refractivity contribution in [1.82, 2.24) is 29.4 Å². The van der Waals surface area contributed by atoms with Gasteiger partial charge in [-0.25, -0.2) is 4.98 Å². The number of carbonyl (C=O) groups excluding carboxylic acids is 1. The summed E-state index contributed by atoms with van der Waals surface area (Å²) in [6, 6.07) is 5.42. The Morgan fingerprint density at radius 1 is 1.28 bits per heavy atom. The second kappa shape index (κ2) is 7.57. The van der Waals surface area contributed by atoms with Crippen molar-refractivity contribution in [3.63, 3.8) is 0 Å². The van der Waals surface area contributed by atoms with Crippen LogP contribution in [0.5, 0.6) is 0 Å². The first-order valence-electron chi connectivity index (χ1n) is 9.34. The van der Waals surface area contributed by atoms with Crippen LogP contribution in [0.15, 0.2) is 29.3 Å². The van der Waals surface area contributed by atoms with Crippen LogP contribution in [0, 0.1) is 6.92 Å². The van der Waals surface area contributed by atoms with Crippen LogP contribution >= 0.6 is 11.6 Å². The molecule has 0 saturated carbocycles. The zero-order chi connectivity index (χ0) is 20.7. The van der Waals surface area contributed by atoms with Crippen molar-refractivity contribution in [3.8, 4) is 5.69 Å². The molecular formula is C19H21ClN6O3. The minimum absolute atomic E-state index is 0.0405. The van der Waals surface area contributed by atoms with Gasteiger partial charge >= 0.3 is 0 Å². The first-order chi connectivity index (χ1) is 13.8. The fourth-order valence-corrected chi connectivity index (χ4v) is 3.65. The minimum Gasteiger partial charge on any atom is -0.372 e. The molecule has 2 atom stereocenters. The number of nitrogens with zero attached hydrogens (tertiary/aromatic N) is 6. The van der Waals surface area contributed by atoms with Gasteiger partial charge in [0.25, 0.3) is 5.56 Å². The predicted molar refractivity (Wildman–Crippen MR) is 107 cm³/mol. The Kier molecular flexibility index (Phi) is 5.10. The van der Waals surface area contributed by atoms with E-state index in [9.17, 15) is 9.59 Å². The van der Waals surface area contributed by atoms with E-state index in [0.717, 1.165) is 5.56 Å². The molecule has 1 aliphatic rings. The van der Waals surface area contributed by atoms with E-state index in [1.54, 1.807) is 11.0 Å². The van der Waals surface area contributed by atoms with Crippen LogP contribution in [0.2, 0.25) is 5.02 Å². The molecule has 1 saturated heterocycles. The molecule has 0 unspecified atom stereocenters. The second-order valence-electron chi connectivity index (χ2n) is 7.34. The van der Waals surface area contributed by atoms with Gasteiger partial charge in [0.05, 0.1) is 17.9 Å². The maximum Gasteiger partial charge on any atom is 0.284 e. The normalized spacial score (nSPS) is 19.7. The van der Waals surface area contributed by atoms with Gasteiger partial charge in [0, 0.05) is 18.1 Å². The average Bonchev–Trinajstić information content (AvgIpc) is 3.10. The molecule has 1 aromatic carbocycles. The van der Waals surface area contributed by atoms with E-state index in [-0.39, 0.29) is 30.2 Å². The van der Waals surface area contributed by atoms with Gasteiger partial charge in [-0.15, -0.1) is 5.10 Å². The Morgan fingerprint density at radius 2 is 2.00 bits per heavy atom. The monoisotopic (exact) mass is 416 g/mol. The van der Waals surface area contributed by atoms with Crippen LogP contribution in [0.25, 0.3) is 16.9 Å². The van der Waals surface area contributed by atoms with Gasteiger partial charge in [-0.3, -0.25) is 14.2 Å². The molecule has 0 spiro atoms. The number of rotatable bonds is 3. The van der Waals surface area contributed by atoms with Gasteiger partial charge < -0.3 is 9.64 Å². The van der Waals surface area contributed by atoms with E-state index in [0.29, 0.717) is 29.4 Å². The number of hydrogen-bond donors (Lipinski definition) is 0. The molecule has 0 radical (unpaired) electrons. The third-order valence-corrected chi connectivity index (χ3v) is 5.31. The maximum absolute atomic E-state index is 12.8. The van der Waals surface area contributed by atoms with Crippen molar-refractivity contribution in [1.29, 1.82) is 0 Å². The molecular weight excluding hydrogens is 396 g/mol. The van der Waals surface area contributed by atoms with Crippen LogP contribution in [-0.4, -0.2) is 60.6 Å². The number of amides is 1. The smallest absolute Gasteiger partial charge is 0.284 e. The number of fused-ring (bicyclic) bond motifs is 1. The lowest BCUT2D eigenvalue weighted by Gasteiger charge is -2.35. The molecule has 3 aromatic rings. The molecule has 152 valence electrons. The van der Waals surface area contributed by atoms with Crippen LogP contribution in [0.1, 0.15) is 19.4 Å². The second-order valence-corrected chi connectivity index (χ2v) is 7.75. The predicted octanol–water partition coefficient (Wildman–Crippen LogP) is 1.57. The summed E-state index contributed by atoms with van der Waals surface area (Å²) in [5.74, 6) is -0.159. The third kappa shape index (κ3) is 3.75. The van der Waals surface area contributed by atoms with Gasteiger partial charge in [0.15, 0.2) is 11.2 Å². The highest BCUT2D eigenvalue weighted by atomic mass is 35.5. The van der Waals surface area contributed by atoms with E-state index < -0.39 is 5.56 Å². The van der Waals surface area contributed by atoms with Crippen LogP contribution in [-0.2, 0) is 16.1 Å². The molecule has 2 aromatic heterocycles. The zero-order valence-corrected chi connectivity index (χ0v) is 17.1. The Morgan fingerprint density at radius 3 is 2.69 bits per heavy atom. The number of hydrogen-bond acceptors (Lipinski definition) is 6. The summed E-state index contributed by atoms with van der Waals surface area (Å²) in [5.41, 5.74) is 1.58. The SMILES string of the molecule is Cc1ccc(-n2nnc3c(=O)n(CC(=O)N4C[C@@H](C)O[C@@H](C)C4)cnc32)cc1Cl. The number of halogens is 1. The number of aromatic nitrogens is 5. The molecule has 0 bridgehead atoms. The molecule has 0 N–H and O–H groups in total. The molecule has 4 rings (SSSR count). The molecule has 29 heavy (non-hydrogen) atoms. The number of morpholine rings is 1. The summed E-state index contributed by atoms with van der Waals surface area (Å²) in [6.07, 6.45) is 1.27. The largest absolute Gasteiger partial charge is 0.372 e. The first-order valence-corrected chi connectivity index (χ1v) is 9.72. The van der Waals surface area contributed by atoms with Crippen LogP contribution < -0.4 is 5.56 Å². The molecule has 10 heteroatoms. The standard InChI is InChI=1S/C19H21ClN6O3/c1-11-4-5-14(6-15(11)20)26-18-17(22-23-26)19(28)25(10-21-18)9-16(27)24-7-12(2)29-13(3)8-24/h4-6,10,12-13H,7-9H2,1-3H3/t12-,13+. The number of ether oxygens (including phenoxy) is 1. The van der Waals surface area contributed by atoms with Gasteiger partial charge in [0.1, 0.15) is 12.9 Å². The average molecular weight is 417 g/mol. The van der Waals surface area contributed by atoms with E-state index >= 15 is 0 Å². The fraction of sp³-hybridized carbons (Fsp3) is 0.421. The number of benzene rings is 1. The van der Waals surface area contributed by atoms with Gasteiger partial charge in [0.2, 0.25) is 5.91 Å². The third-order valence-electron chi connectivity index (χ3n) is 4.91. The summed E-state index contributed by atoms with van der Waals surface area (Å²) in [5, 5.41) is 8.61.